The van der Waals surface area contributed by atoms with Crippen LogP contribution in [0, 0.1) is 16.7 Å². The number of aromatic nitrogens is 2. The van der Waals surface area contributed by atoms with E-state index in [1.807, 2.05) is 10.8 Å². The molecule has 1 N–H and O–H groups in total. The van der Waals surface area contributed by atoms with Crippen LogP contribution in [0.15, 0.2) is 18.7 Å². The molecular formula is C14H20N4O. The van der Waals surface area contributed by atoms with Crippen molar-refractivity contribution in [2.75, 3.05) is 6.54 Å². The van der Waals surface area contributed by atoms with E-state index < -0.39 is 5.41 Å². The molecule has 5 nitrogen and oxygen atoms in total. The molecular weight excluding hydrogens is 240 g/mol. The quantitative estimate of drug-likeness (QED) is 0.821. The summed E-state index contributed by atoms with van der Waals surface area (Å²) in [6.45, 7) is 1.44. The van der Waals surface area contributed by atoms with Crippen LogP contribution < -0.4 is 5.32 Å². The monoisotopic (exact) mass is 260 g/mol. The van der Waals surface area contributed by atoms with E-state index in [-0.39, 0.29) is 5.91 Å². The molecule has 1 saturated carbocycles. The van der Waals surface area contributed by atoms with Gasteiger partial charge in [-0.15, -0.1) is 0 Å². The van der Waals surface area contributed by atoms with E-state index in [0.717, 1.165) is 32.2 Å². The highest BCUT2D eigenvalue weighted by atomic mass is 16.2. The molecule has 1 amide bonds. The lowest BCUT2D eigenvalue weighted by molar-refractivity contribution is -0.129. The molecule has 1 aliphatic carbocycles. The molecule has 0 unspecified atom stereocenters. The van der Waals surface area contributed by atoms with Crippen molar-refractivity contribution in [3.8, 4) is 6.07 Å². The molecule has 1 aromatic heterocycles. The van der Waals surface area contributed by atoms with Gasteiger partial charge in [-0.25, -0.2) is 4.98 Å². The molecule has 2 rings (SSSR count). The normalized spacial score (nSPS) is 17.6. The second-order valence-electron chi connectivity index (χ2n) is 5.16. The number of aryl methyl sites for hydroxylation is 1. The highest BCUT2D eigenvalue weighted by Gasteiger charge is 2.39. The topological polar surface area (TPSA) is 70.7 Å². The standard InChI is InChI=1S/C14H20N4O/c15-11-14(5-2-1-3-6-14)13(19)17-7-4-9-18-10-8-16-12-18/h8,10,12H,1-7,9H2,(H,17,19). The van der Waals surface area contributed by atoms with Gasteiger partial charge in [0, 0.05) is 25.5 Å². The number of nitrogens with zero attached hydrogens (tertiary/aromatic N) is 3. The summed E-state index contributed by atoms with van der Waals surface area (Å²) < 4.78 is 1.98. The Morgan fingerprint density at radius 3 is 2.84 bits per heavy atom. The van der Waals surface area contributed by atoms with Gasteiger partial charge in [-0.3, -0.25) is 4.79 Å². The van der Waals surface area contributed by atoms with Gasteiger partial charge in [0.2, 0.25) is 5.91 Å². The van der Waals surface area contributed by atoms with Gasteiger partial charge in [0.25, 0.3) is 0 Å². The van der Waals surface area contributed by atoms with Crippen LogP contribution in [0.4, 0.5) is 0 Å². The van der Waals surface area contributed by atoms with Crippen LogP contribution in [0.3, 0.4) is 0 Å². The summed E-state index contributed by atoms with van der Waals surface area (Å²) in [5, 5.41) is 12.2. The van der Waals surface area contributed by atoms with Crippen molar-refractivity contribution < 1.29 is 4.79 Å². The smallest absolute Gasteiger partial charge is 0.240 e. The zero-order valence-electron chi connectivity index (χ0n) is 11.1. The van der Waals surface area contributed by atoms with Crippen molar-refractivity contribution in [1.29, 1.82) is 5.26 Å². The van der Waals surface area contributed by atoms with Crippen LogP contribution in [0.25, 0.3) is 0 Å². The van der Waals surface area contributed by atoms with E-state index >= 15 is 0 Å². The molecule has 19 heavy (non-hydrogen) atoms. The van der Waals surface area contributed by atoms with Gasteiger partial charge >= 0.3 is 0 Å². The summed E-state index contributed by atoms with van der Waals surface area (Å²) in [6.07, 6.45) is 10.8. The van der Waals surface area contributed by atoms with Crippen molar-refractivity contribution in [2.45, 2.75) is 45.1 Å². The third-order valence-corrected chi connectivity index (χ3v) is 3.79. The van der Waals surface area contributed by atoms with Crippen LogP contribution in [-0.2, 0) is 11.3 Å². The average Bonchev–Trinajstić information content (AvgIpc) is 2.97. The van der Waals surface area contributed by atoms with Gasteiger partial charge in [0.1, 0.15) is 5.41 Å². The molecule has 1 fully saturated rings. The molecule has 0 aromatic carbocycles. The Hall–Kier alpha value is -1.83. The van der Waals surface area contributed by atoms with Crippen molar-refractivity contribution >= 4 is 5.91 Å². The van der Waals surface area contributed by atoms with E-state index in [4.69, 9.17) is 0 Å². The van der Waals surface area contributed by atoms with Gasteiger partial charge in [0.15, 0.2) is 0 Å². The maximum Gasteiger partial charge on any atom is 0.240 e. The molecule has 0 spiro atoms. The van der Waals surface area contributed by atoms with E-state index in [2.05, 4.69) is 16.4 Å². The number of rotatable bonds is 5. The predicted molar refractivity (Wildman–Crippen MR) is 71.0 cm³/mol. The number of imidazole rings is 1. The molecule has 0 bridgehead atoms. The maximum atomic E-state index is 12.2. The zero-order valence-corrected chi connectivity index (χ0v) is 11.1. The van der Waals surface area contributed by atoms with Crippen molar-refractivity contribution in [3.63, 3.8) is 0 Å². The maximum absolute atomic E-state index is 12.2. The minimum absolute atomic E-state index is 0.0830. The lowest BCUT2D eigenvalue weighted by Gasteiger charge is -2.29. The van der Waals surface area contributed by atoms with Crippen LogP contribution in [0.2, 0.25) is 0 Å². The molecule has 1 heterocycles. The lowest BCUT2D eigenvalue weighted by Crippen LogP contribution is -2.41. The summed E-state index contributed by atoms with van der Waals surface area (Å²) in [7, 11) is 0. The first-order valence-corrected chi connectivity index (χ1v) is 6.92. The van der Waals surface area contributed by atoms with Crippen LogP contribution >= 0.6 is 0 Å². The van der Waals surface area contributed by atoms with Gasteiger partial charge < -0.3 is 9.88 Å². The molecule has 5 heteroatoms. The number of carbonyl (C=O) groups excluding carboxylic acids is 1. The van der Waals surface area contributed by atoms with Gasteiger partial charge in [0.05, 0.1) is 12.4 Å². The third kappa shape index (κ3) is 3.34. The highest BCUT2D eigenvalue weighted by molar-refractivity contribution is 5.85. The molecule has 0 saturated heterocycles. The second-order valence-corrected chi connectivity index (χ2v) is 5.16. The molecule has 1 aliphatic rings. The van der Waals surface area contributed by atoms with Crippen molar-refractivity contribution in [2.24, 2.45) is 5.41 Å². The lowest BCUT2D eigenvalue weighted by atomic mass is 9.74. The minimum atomic E-state index is -0.771. The summed E-state index contributed by atoms with van der Waals surface area (Å²) in [5.41, 5.74) is -0.771. The molecule has 0 atom stereocenters. The molecule has 0 aliphatic heterocycles. The fraction of sp³-hybridized carbons (Fsp3) is 0.643. The first-order valence-electron chi connectivity index (χ1n) is 6.92. The highest BCUT2D eigenvalue weighted by Crippen LogP contribution is 2.35. The SMILES string of the molecule is N#CC1(C(=O)NCCCn2ccnc2)CCCCC1. The molecule has 0 radical (unpaired) electrons. The average molecular weight is 260 g/mol. The molecule has 102 valence electrons. The zero-order chi connectivity index (χ0) is 13.6. The van der Waals surface area contributed by atoms with Gasteiger partial charge in [-0.1, -0.05) is 19.3 Å². The number of nitriles is 1. The number of hydrogen-bond acceptors (Lipinski definition) is 3. The van der Waals surface area contributed by atoms with Crippen molar-refractivity contribution in [1.82, 2.24) is 14.9 Å². The predicted octanol–water partition coefficient (Wildman–Crippen LogP) is 1.86. The Morgan fingerprint density at radius 1 is 1.42 bits per heavy atom. The molecule has 1 aromatic rings. The second kappa shape index (κ2) is 6.37. The number of amides is 1. The first kappa shape index (κ1) is 13.6. The van der Waals surface area contributed by atoms with Crippen LogP contribution in [0.5, 0.6) is 0 Å². The van der Waals surface area contributed by atoms with Gasteiger partial charge in [-0.05, 0) is 19.3 Å². The third-order valence-electron chi connectivity index (χ3n) is 3.79. The number of hydrogen-bond donors (Lipinski definition) is 1. The van der Waals surface area contributed by atoms with E-state index in [9.17, 15) is 10.1 Å². The Morgan fingerprint density at radius 2 is 2.21 bits per heavy atom. The Labute approximate surface area is 113 Å². The fourth-order valence-electron chi connectivity index (χ4n) is 2.60. The van der Waals surface area contributed by atoms with Crippen molar-refractivity contribution in [3.05, 3.63) is 18.7 Å². The number of nitrogens with one attached hydrogen (secondary N) is 1. The first-order chi connectivity index (χ1) is 9.27. The van der Waals surface area contributed by atoms with Crippen LogP contribution in [-0.4, -0.2) is 22.0 Å². The summed E-state index contributed by atoms with van der Waals surface area (Å²) in [5.74, 6) is -0.0830. The summed E-state index contributed by atoms with van der Waals surface area (Å²) in [6, 6.07) is 2.24. The van der Waals surface area contributed by atoms with Gasteiger partial charge in [-0.2, -0.15) is 5.26 Å². The Kier molecular flexibility index (Phi) is 4.56. The van der Waals surface area contributed by atoms with Crippen LogP contribution in [0.1, 0.15) is 38.5 Å². The fourth-order valence-corrected chi connectivity index (χ4v) is 2.60. The number of carbonyl (C=O) groups is 1. The largest absolute Gasteiger partial charge is 0.355 e. The van der Waals surface area contributed by atoms with E-state index in [0.29, 0.717) is 19.4 Å². The summed E-state index contributed by atoms with van der Waals surface area (Å²) in [4.78, 5) is 16.1. The van der Waals surface area contributed by atoms with E-state index in [1.165, 1.54) is 0 Å². The van der Waals surface area contributed by atoms with E-state index in [1.54, 1.807) is 12.5 Å². The Bertz CT molecular complexity index is 441. The summed E-state index contributed by atoms with van der Waals surface area (Å²) >= 11 is 0. The minimum Gasteiger partial charge on any atom is -0.355 e. The Balaban J connectivity index is 1.75.